The van der Waals surface area contributed by atoms with E-state index in [-0.39, 0.29) is 0 Å². The van der Waals surface area contributed by atoms with E-state index in [1.165, 1.54) is 0 Å². The molecule has 0 N–H and O–H groups in total. The molecule has 2 atom stereocenters. The fourth-order valence-corrected chi connectivity index (χ4v) is 6.24. The van der Waals surface area contributed by atoms with Crippen LogP contribution >= 0.6 is 0 Å². The molecule has 3 heterocycles. The molecule has 2 aromatic rings. The van der Waals surface area contributed by atoms with Crippen molar-refractivity contribution in [2.24, 2.45) is 0 Å². The lowest BCUT2D eigenvalue weighted by Crippen LogP contribution is -2.47. The lowest BCUT2D eigenvalue weighted by molar-refractivity contribution is 0.0174. The molecular weight excluding hydrogens is 374 g/mol. The summed E-state index contributed by atoms with van der Waals surface area (Å²) in [6.07, 6.45) is 3.28. The van der Waals surface area contributed by atoms with Crippen molar-refractivity contribution in [3.8, 4) is 5.75 Å². The summed E-state index contributed by atoms with van der Waals surface area (Å²) in [5.41, 5.74) is 1.15. The smallest absolute Gasteiger partial charge is 0.206 e. The first-order chi connectivity index (χ1) is 13.6. The molecule has 0 bridgehead atoms. The van der Waals surface area contributed by atoms with Crippen LogP contribution in [0.5, 0.6) is 5.75 Å². The monoisotopic (exact) mass is 399 g/mol. The largest absolute Gasteiger partial charge is 0.492 e. The number of hydrogen-bond donors (Lipinski definition) is 0. The van der Waals surface area contributed by atoms with Crippen LogP contribution in [0.3, 0.4) is 0 Å². The molecule has 148 valence electrons. The minimum Gasteiger partial charge on any atom is -0.492 e. The van der Waals surface area contributed by atoms with E-state index in [1.54, 1.807) is 36.4 Å². The number of fused-ring (bicyclic) bond motifs is 3. The van der Waals surface area contributed by atoms with Gasteiger partial charge in [0, 0.05) is 25.2 Å². The topological polar surface area (TPSA) is 55.8 Å². The molecule has 0 radical (unpaired) electrons. The van der Waals surface area contributed by atoms with Crippen LogP contribution in [0.1, 0.15) is 30.7 Å². The predicted molar refractivity (Wildman–Crippen MR) is 106 cm³/mol. The van der Waals surface area contributed by atoms with Gasteiger partial charge < -0.3 is 9.47 Å². The van der Waals surface area contributed by atoms with Gasteiger partial charge in [0.1, 0.15) is 12.4 Å². The molecule has 5 rings (SSSR count). The third-order valence-electron chi connectivity index (χ3n) is 6.41. The molecule has 2 fully saturated rings. The Morgan fingerprint density at radius 3 is 2.50 bits per heavy atom. The quantitative estimate of drug-likeness (QED) is 0.793. The summed E-state index contributed by atoms with van der Waals surface area (Å²) in [4.78, 5) is 3.22. The Labute approximate surface area is 166 Å². The van der Waals surface area contributed by atoms with Crippen LogP contribution in [-0.2, 0) is 14.6 Å². The Bertz CT molecular complexity index is 954. The minimum atomic E-state index is -3.53. The summed E-state index contributed by atoms with van der Waals surface area (Å²) in [6.45, 7) is 3.39. The molecule has 2 unspecified atom stereocenters. The number of sulfone groups is 1. The Morgan fingerprint density at radius 1 is 0.929 bits per heavy atom. The van der Waals surface area contributed by atoms with E-state index in [0.717, 1.165) is 50.3 Å². The second-order valence-corrected chi connectivity index (χ2v) is 9.82. The molecule has 3 aliphatic heterocycles. The first kappa shape index (κ1) is 18.2. The number of rotatable bonds is 3. The molecule has 0 aromatic heterocycles. The van der Waals surface area contributed by atoms with Crippen LogP contribution in [0.15, 0.2) is 58.3 Å². The van der Waals surface area contributed by atoms with E-state index in [0.29, 0.717) is 34.4 Å². The molecule has 6 heteroatoms. The highest BCUT2D eigenvalue weighted by atomic mass is 32.2. The van der Waals surface area contributed by atoms with Gasteiger partial charge in [-0.1, -0.05) is 24.3 Å². The van der Waals surface area contributed by atoms with Crippen molar-refractivity contribution in [3.05, 3.63) is 54.1 Å². The van der Waals surface area contributed by atoms with E-state index in [2.05, 4.69) is 4.90 Å². The van der Waals surface area contributed by atoms with Gasteiger partial charge in [-0.2, -0.15) is 0 Å². The summed E-state index contributed by atoms with van der Waals surface area (Å²) in [5, 5.41) is 0. The van der Waals surface area contributed by atoms with E-state index in [4.69, 9.17) is 9.47 Å². The molecule has 28 heavy (non-hydrogen) atoms. The normalized spacial score (nSPS) is 25.7. The second kappa shape index (κ2) is 7.17. The van der Waals surface area contributed by atoms with E-state index in [1.807, 2.05) is 12.1 Å². The maximum absolute atomic E-state index is 12.9. The van der Waals surface area contributed by atoms with Crippen molar-refractivity contribution in [1.29, 1.82) is 0 Å². The van der Waals surface area contributed by atoms with Crippen molar-refractivity contribution >= 4 is 9.84 Å². The van der Waals surface area contributed by atoms with Crippen molar-refractivity contribution in [2.75, 3.05) is 26.4 Å². The van der Waals surface area contributed by atoms with Gasteiger partial charge in [0.15, 0.2) is 0 Å². The highest BCUT2D eigenvalue weighted by molar-refractivity contribution is 7.91. The van der Waals surface area contributed by atoms with Gasteiger partial charge in [-0.3, -0.25) is 4.90 Å². The van der Waals surface area contributed by atoms with Crippen LogP contribution in [0, 0.1) is 0 Å². The van der Waals surface area contributed by atoms with Gasteiger partial charge in [0.05, 0.1) is 15.8 Å². The van der Waals surface area contributed by atoms with Crippen molar-refractivity contribution in [1.82, 2.24) is 4.90 Å². The number of likely N-dealkylation sites (tertiary alicyclic amines) is 1. The van der Waals surface area contributed by atoms with Crippen molar-refractivity contribution in [2.45, 2.75) is 47.1 Å². The van der Waals surface area contributed by atoms with Crippen molar-refractivity contribution in [3.63, 3.8) is 0 Å². The molecule has 5 nitrogen and oxygen atoms in total. The lowest BCUT2D eigenvalue weighted by Gasteiger charge is -2.39. The Kier molecular flexibility index (Phi) is 4.65. The summed E-state index contributed by atoms with van der Waals surface area (Å²) >= 11 is 0. The fraction of sp³-hybridized carbons (Fsp3) is 0.455. The summed E-state index contributed by atoms with van der Waals surface area (Å²) < 4.78 is 37.5. The standard InChI is InChI=1S/C22H25NO4S/c24-28(25,17-4-2-1-3-5-17)18-6-7-20-19-8-11-23(16-9-12-26-13-10-16)21(19)15-27-22(20)14-18/h1-7,14,16,19,21H,8-13,15H2. The second-order valence-electron chi connectivity index (χ2n) is 7.87. The summed E-state index contributed by atoms with van der Waals surface area (Å²) in [6, 6.07) is 15.0. The first-order valence-electron chi connectivity index (χ1n) is 10.0. The number of nitrogens with zero attached hydrogens (tertiary/aromatic N) is 1. The Balaban J connectivity index is 1.42. The number of benzene rings is 2. The zero-order valence-electron chi connectivity index (χ0n) is 15.8. The predicted octanol–water partition coefficient (Wildman–Crippen LogP) is 3.25. The number of hydrogen-bond acceptors (Lipinski definition) is 5. The maximum Gasteiger partial charge on any atom is 0.206 e. The highest BCUT2D eigenvalue weighted by Crippen LogP contribution is 2.44. The minimum absolute atomic E-state index is 0.301. The summed E-state index contributed by atoms with van der Waals surface area (Å²) in [7, 11) is -3.53. The van der Waals surface area contributed by atoms with Gasteiger partial charge in [-0.05, 0) is 55.6 Å². The van der Waals surface area contributed by atoms with Crippen LogP contribution in [0.25, 0.3) is 0 Å². The van der Waals surface area contributed by atoms with Crippen molar-refractivity contribution < 1.29 is 17.9 Å². The third-order valence-corrected chi connectivity index (χ3v) is 8.17. The van der Waals surface area contributed by atoms with Crippen LogP contribution in [0.4, 0.5) is 0 Å². The van der Waals surface area contributed by atoms with Gasteiger partial charge in [0.2, 0.25) is 9.84 Å². The molecule has 0 spiro atoms. The third kappa shape index (κ3) is 3.04. The molecular formula is C22H25NO4S. The lowest BCUT2D eigenvalue weighted by atomic mass is 9.89. The molecule has 2 saturated heterocycles. The molecule has 0 saturated carbocycles. The van der Waals surface area contributed by atoms with E-state index >= 15 is 0 Å². The van der Waals surface area contributed by atoms with Gasteiger partial charge in [-0.25, -0.2) is 8.42 Å². The molecule has 0 aliphatic carbocycles. The van der Waals surface area contributed by atoms with E-state index < -0.39 is 9.84 Å². The zero-order valence-corrected chi connectivity index (χ0v) is 16.6. The van der Waals surface area contributed by atoms with Crippen LogP contribution in [-0.4, -0.2) is 51.8 Å². The van der Waals surface area contributed by atoms with Gasteiger partial charge in [-0.15, -0.1) is 0 Å². The zero-order chi connectivity index (χ0) is 19.1. The van der Waals surface area contributed by atoms with Gasteiger partial charge >= 0.3 is 0 Å². The summed E-state index contributed by atoms with van der Waals surface area (Å²) in [5.74, 6) is 1.15. The van der Waals surface area contributed by atoms with Crippen LogP contribution in [0.2, 0.25) is 0 Å². The Morgan fingerprint density at radius 2 is 1.71 bits per heavy atom. The average Bonchev–Trinajstić information content (AvgIpc) is 3.19. The average molecular weight is 400 g/mol. The van der Waals surface area contributed by atoms with Crippen LogP contribution < -0.4 is 4.74 Å². The Hall–Kier alpha value is -1.89. The molecule has 2 aromatic carbocycles. The number of ether oxygens (including phenoxy) is 2. The van der Waals surface area contributed by atoms with E-state index in [9.17, 15) is 8.42 Å². The molecule has 3 aliphatic rings. The maximum atomic E-state index is 12.9. The highest BCUT2D eigenvalue weighted by Gasteiger charge is 2.43. The first-order valence-corrected chi connectivity index (χ1v) is 11.5. The SMILES string of the molecule is O=S(=O)(c1ccccc1)c1ccc2c(c1)OCC1C2CCN1C1CCOCC1. The fourth-order valence-electron chi connectivity index (χ4n) is 4.95. The molecule has 0 amide bonds. The van der Waals surface area contributed by atoms with Gasteiger partial charge in [0.25, 0.3) is 0 Å².